The van der Waals surface area contributed by atoms with E-state index >= 15 is 0 Å². The molecule has 1 aromatic rings. The molecule has 0 saturated heterocycles. The summed E-state index contributed by atoms with van der Waals surface area (Å²) in [5.74, 6) is 0.392. The Morgan fingerprint density at radius 1 is 1.56 bits per heavy atom. The summed E-state index contributed by atoms with van der Waals surface area (Å²) in [6, 6.07) is 5.31. The normalized spacial score (nSPS) is 12.0. The van der Waals surface area contributed by atoms with Gasteiger partial charge in [0.25, 0.3) is 5.91 Å². The molecule has 4 nitrogen and oxygen atoms in total. The van der Waals surface area contributed by atoms with Gasteiger partial charge in [-0.1, -0.05) is 17.7 Å². The molecule has 0 aliphatic rings. The maximum Gasteiger partial charge on any atom is 0.257 e. The largest absolute Gasteiger partial charge is 0.483 e. The Balaban J connectivity index is 2.36. The summed E-state index contributed by atoms with van der Waals surface area (Å²) in [7, 11) is 0. The second kappa shape index (κ2) is 7.24. The Bertz CT molecular complexity index is 407. The molecule has 0 bridgehead atoms. The molecule has 0 spiro atoms. The number of aliphatic hydroxyl groups is 1. The van der Waals surface area contributed by atoms with Crippen LogP contribution in [0.1, 0.15) is 18.9 Å². The number of carbonyl (C=O) groups excluding carboxylic acids is 1. The summed E-state index contributed by atoms with van der Waals surface area (Å²) in [4.78, 5) is 11.4. The Morgan fingerprint density at radius 3 is 2.94 bits per heavy atom. The Hall–Kier alpha value is -1.26. The van der Waals surface area contributed by atoms with Gasteiger partial charge in [-0.2, -0.15) is 0 Å². The molecule has 0 aromatic heterocycles. The number of hydrogen-bond donors (Lipinski definition) is 2. The molecule has 1 aromatic carbocycles. The highest BCUT2D eigenvalue weighted by Gasteiger charge is 2.06. The van der Waals surface area contributed by atoms with Crippen molar-refractivity contribution < 1.29 is 14.6 Å². The predicted octanol–water partition coefficient (Wildman–Crippen LogP) is 1.91. The lowest BCUT2D eigenvalue weighted by Gasteiger charge is -2.10. The van der Waals surface area contributed by atoms with Crippen LogP contribution in [0.15, 0.2) is 18.2 Å². The molecule has 1 atom stereocenters. The van der Waals surface area contributed by atoms with E-state index in [1.54, 1.807) is 25.1 Å². The van der Waals surface area contributed by atoms with Gasteiger partial charge in [0.15, 0.2) is 6.61 Å². The van der Waals surface area contributed by atoms with E-state index in [1.165, 1.54) is 0 Å². The summed E-state index contributed by atoms with van der Waals surface area (Å²) >= 11 is 5.94. The summed E-state index contributed by atoms with van der Waals surface area (Å²) in [5, 5.41) is 12.3. The molecule has 0 heterocycles. The fourth-order valence-electron chi connectivity index (χ4n) is 1.36. The second-order valence-electron chi connectivity index (χ2n) is 4.14. The molecule has 0 fully saturated rings. The first-order chi connectivity index (χ1) is 8.50. The van der Waals surface area contributed by atoms with Gasteiger partial charge in [-0.3, -0.25) is 4.79 Å². The Labute approximate surface area is 112 Å². The third kappa shape index (κ3) is 4.94. The first kappa shape index (κ1) is 14.8. The van der Waals surface area contributed by atoms with Crippen LogP contribution in [0, 0.1) is 6.92 Å². The lowest BCUT2D eigenvalue weighted by Crippen LogP contribution is -2.31. The first-order valence-electron chi connectivity index (χ1n) is 5.83. The van der Waals surface area contributed by atoms with Crippen LogP contribution >= 0.6 is 11.6 Å². The number of amides is 1. The fraction of sp³-hybridized carbons (Fsp3) is 0.462. The molecule has 18 heavy (non-hydrogen) atoms. The average Bonchev–Trinajstić information content (AvgIpc) is 2.30. The Morgan fingerprint density at radius 2 is 2.28 bits per heavy atom. The van der Waals surface area contributed by atoms with Gasteiger partial charge in [-0.05, 0) is 32.4 Å². The van der Waals surface area contributed by atoms with Crippen molar-refractivity contribution in [1.82, 2.24) is 5.32 Å². The molecule has 1 amide bonds. The SMILES string of the molecule is Cc1c(Cl)cccc1OCC(=O)NCCC(C)O. The third-order valence-corrected chi connectivity index (χ3v) is 2.87. The van der Waals surface area contributed by atoms with E-state index in [9.17, 15) is 4.79 Å². The minimum atomic E-state index is -0.415. The van der Waals surface area contributed by atoms with Gasteiger partial charge in [0, 0.05) is 17.1 Å². The molecule has 1 unspecified atom stereocenters. The van der Waals surface area contributed by atoms with Crippen LogP contribution in [0.2, 0.25) is 5.02 Å². The molecular weight excluding hydrogens is 254 g/mol. The van der Waals surface area contributed by atoms with E-state index in [4.69, 9.17) is 21.4 Å². The van der Waals surface area contributed by atoms with E-state index in [0.717, 1.165) is 5.56 Å². The lowest BCUT2D eigenvalue weighted by molar-refractivity contribution is -0.123. The molecule has 2 N–H and O–H groups in total. The van der Waals surface area contributed by atoms with Gasteiger partial charge in [0.2, 0.25) is 0 Å². The van der Waals surface area contributed by atoms with E-state index in [2.05, 4.69) is 5.32 Å². The highest BCUT2D eigenvalue weighted by atomic mass is 35.5. The minimum Gasteiger partial charge on any atom is -0.483 e. The van der Waals surface area contributed by atoms with Crippen LogP contribution in [-0.4, -0.2) is 30.3 Å². The van der Waals surface area contributed by atoms with Gasteiger partial charge < -0.3 is 15.2 Å². The van der Waals surface area contributed by atoms with E-state index in [1.807, 2.05) is 6.92 Å². The monoisotopic (exact) mass is 271 g/mol. The molecule has 0 radical (unpaired) electrons. The molecule has 0 saturated carbocycles. The molecule has 5 heteroatoms. The second-order valence-corrected chi connectivity index (χ2v) is 4.55. The number of carbonyl (C=O) groups is 1. The van der Waals surface area contributed by atoms with E-state index in [-0.39, 0.29) is 12.5 Å². The molecule has 1 rings (SSSR count). The Kier molecular flexibility index (Phi) is 5.95. The topological polar surface area (TPSA) is 58.6 Å². The maximum absolute atomic E-state index is 11.4. The van der Waals surface area contributed by atoms with Crippen LogP contribution in [0.5, 0.6) is 5.75 Å². The van der Waals surface area contributed by atoms with Crippen molar-refractivity contribution in [3.05, 3.63) is 28.8 Å². The molecule has 0 aliphatic carbocycles. The maximum atomic E-state index is 11.4. The van der Waals surface area contributed by atoms with Gasteiger partial charge in [-0.15, -0.1) is 0 Å². The highest BCUT2D eigenvalue weighted by molar-refractivity contribution is 6.31. The number of ether oxygens (including phenoxy) is 1. The van der Waals surface area contributed by atoms with Crippen molar-refractivity contribution in [3.8, 4) is 5.75 Å². The summed E-state index contributed by atoms with van der Waals surface area (Å²) in [6.07, 6.45) is 0.114. The van der Waals surface area contributed by atoms with Crippen molar-refractivity contribution in [2.24, 2.45) is 0 Å². The van der Waals surface area contributed by atoms with Crippen LogP contribution in [0.3, 0.4) is 0 Å². The van der Waals surface area contributed by atoms with Gasteiger partial charge in [0.1, 0.15) is 5.75 Å². The molecule has 0 aliphatic heterocycles. The average molecular weight is 272 g/mol. The zero-order valence-corrected chi connectivity index (χ0v) is 11.3. The van der Waals surface area contributed by atoms with Gasteiger partial charge in [-0.25, -0.2) is 0 Å². The fourth-order valence-corrected chi connectivity index (χ4v) is 1.52. The van der Waals surface area contributed by atoms with Crippen LogP contribution in [0.4, 0.5) is 0 Å². The smallest absolute Gasteiger partial charge is 0.257 e. The van der Waals surface area contributed by atoms with Crippen molar-refractivity contribution in [1.29, 1.82) is 0 Å². The quantitative estimate of drug-likeness (QED) is 0.831. The number of rotatable bonds is 6. The first-order valence-corrected chi connectivity index (χ1v) is 6.21. The van der Waals surface area contributed by atoms with Crippen molar-refractivity contribution in [2.45, 2.75) is 26.4 Å². The predicted molar refractivity (Wildman–Crippen MR) is 71.0 cm³/mol. The lowest BCUT2D eigenvalue weighted by atomic mass is 10.2. The van der Waals surface area contributed by atoms with Crippen molar-refractivity contribution >= 4 is 17.5 Å². The van der Waals surface area contributed by atoms with Crippen LogP contribution in [-0.2, 0) is 4.79 Å². The summed E-state index contributed by atoms with van der Waals surface area (Å²) in [5.41, 5.74) is 0.816. The zero-order chi connectivity index (χ0) is 13.5. The highest BCUT2D eigenvalue weighted by Crippen LogP contribution is 2.24. The summed E-state index contributed by atoms with van der Waals surface area (Å²) in [6.45, 7) is 3.90. The van der Waals surface area contributed by atoms with E-state index in [0.29, 0.717) is 23.7 Å². The number of halogens is 1. The van der Waals surface area contributed by atoms with Gasteiger partial charge in [0.05, 0.1) is 6.10 Å². The zero-order valence-electron chi connectivity index (χ0n) is 10.6. The standard InChI is InChI=1S/C13H18ClNO3/c1-9(16)6-7-15-13(17)8-18-12-5-3-4-11(14)10(12)2/h3-5,9,16H,6-8H2,1-2H3,(H,15,17). The number of aliphatic hydroxyl groups excluding tert-OH is 1. The number of benzene rings is 1. The van der Waals surface area contributed by atoms with Gasteiger partial charge >= 0.3 is 0 Å². The van der Waals surface area contributed by atoms with Crippen LogP contribution < -0.4 is 10.1 Å². The van der Waals surface area contributed by atoms with Crippen molar-refractivity contribution in [3.63, 3.8) is 0 Å². The minimum absolute atomic E-state index is 0.0546. The third-order valence-electron chi connectivity index (χ3n) is 2.46. The molecular formula is C13H18ClNO3. The summed E-state index contributed by atoms with van der Waals surface area (Å²) < 4.78 is 5.38. The van der Waals surface area contributed by atoms with Crippen molar-refractivity contribution in [2.75, 3.05) is 13.2 Å². The molecule has 100 valence electrons. The number of nitrogens with one attached hydrogen (secondary N) is 1. The van der Waals surface area contributed by atoms with E-state index < -0.39 is 6.10 Å². The van der Waals surface area contributed by atoms with Crippen LogP contribution in [0.25, 0.3) is 0 Å². The number of hydrogen-bond acceptors (Lipinski definition) is 3.